The molecule has 0 aromatic heterocycles. The molecule has 1 heteroatoms. The zero-order valence-electron chi connectivity index (χ0n) is 9.75. The first-order valence-corrected chi connectivity index (χ1v) is 6.12. The van der Waals surface area contributed by atoms with Crippen LogP contribution in [0.4, 0.5) is 0 Å². The summed E-state index contributed by atoms with van der Waals surface area (Å²) < 4.78 is 0. The number of unbranched alkanes of at least 4 members (excludes halogenated alkanes) is 2. The highest BCUT2D eigenvalue weighted by Crippen LogP contribution is 1.99. The second-order valence-electron chi connectivity index (χ2n) is 3.31. The molecule has 0 aliphatic rings. The van der Waals surface area contributed by atoms with Crippen LogP contribution < -0.4 is 0 Å². The Balaban J connectivity index is 0.000000288. The minimum absolute atomic E-state index is 0.827. The Kier molecular flexibility index (Phi) is 10.8. The van der Waals surface area contributed by atoms with E-state index in [2.05, 4.69) is 25.1 Å². The van der Waals surface area contributed by atoms with Crippen LogP contribution in [0.2, 0.25) is 0 Å². The van der Waals surface area contributed by atoms with Crippen molar-refractivity contribution in [2.75, 3.05) is 5.88 Å². The Morgan fingerprint density at radius 3 is 2.20 bits per heavy atom. The lowest BCUT2D eigenvalue weighted by atomic mass is 10.2. The van der Waals surface area contributed by atoms with Gasteiger partial charge in [-0.15, -0.1) is 11.6 Å². The van der Waals surface area contributed by atoms with Crippen molar-refractivity contribution in [3.05, 3.63) is 42.0 Å². The second-order valence-corrected chi connectivity index (χ2v) is 3.68. The minimum atomic E-state index is 0.827. The van der Waals surface area contributed by atoms with Crippen molar-refractivity contribution >= 4 is 17.7 Å². The highest BCUT2D eigenvalue weighted by Gasteiger charge is 1.77. The van der Waals surface area contributed by atoms with Gasteiger partial charge in [-0.2, -0.15) is 0 Å². The van der Waals surface area contributed by atoms with Gasteiger partial charge in [0.25, 0.3) is 0 Å². The topological polar surface area (TPSA) is 0 Å². The maximum absolute atomic E-state index is 5.38. The molecule has 0 N–H and O–H groups in total. The minimum Gasteiger partial charge on any atom is -0.127 e. The summed E-state index contributed by atoms with van der Waals surface area (Å²) in [6.45, 7) is 4.19. The monoisotopic (exact) mass is 224 g/mol. The van der Waals surface area contributed by atoms with E-state index in [0.29, 0.717) is 0 Å². The maximum Gasteiger partial charge on any atom is 0.0223 e. The summed E-state index contributed by atoms with van der Waals surface area (Å²) in [6, 6.07) is 10.3. The molecule has 0 amide bonds. The van der Waals surface area contributed by atoms with Crippen molar-refractivity contribution in [2.45, 2.75) is 33.1 Å². The van der Waals surface area contributed by atoms with E-state index in [1.54, 1.807) is 0 Å². The Labute approximate surface area is 99.0 Å². The number of hydrogen-bond donors (Lipinski definition) is 0. The van der Waals surface area contributed by atoms with Crippen molar-refractivity contribution in [2.24, 2.45) is 0 Å². The lowest BCUT2D eigenvalue weighted by Crippen LogP contribution is -1.70. The fraction of sp³-hybridized carbons (Fsp3) is 0.429. The Bertz CT molecular complexity index is 235. The molecular formula is C14H21Cl. The number of halogens is 1. The van der Waals surface area contributed by atoms with Gasteiger partial charge in [0.05, 0.1) is 0 Å². The average Bonchev–Trinajstić information content (AvgIpc) is 2.29. The van der Waals surface area contributed by atoms with E-state index in [-0.39, 0.29) is 0 Å². The first kappa shape index (κ1) is 14.2. The van der Waals surface area contributed by atoms with Crippen LogP contribution in [0.15, 0.2) is 36.4 Å². The largest absolute Gasteiger partial charge is 0.127 e. The van der Waals surface area contributed by atoms with E-state index < -0.39 is 0 Å². The molecule has 1 aromatic carbocycles. The van der Waals surface area contributed by atoms with Gasteiger partial charge in [-0.25, -0.2) is 0 Å². The number of hydrogen-bond acceptors (Lipinski definition) is 0. The van der Waals surface area contributed by atoms with Gasteiger partial charge >= 0.3 is 0 Å². The lowest BCUT2D eigenvalue weighted by molar-refractivity contribution is 0.776. The molecule has 0 saturated heterocycles. The van der Waals surface area contributed by atoms with Gasteiger partial charge in [0.2, 0.25) is 0 Å². The molecule has 0 nitrogen and oxygen atoms in total. The molecule has 0 aliphatic carbocycles. The fourth-order valence-electron chi connectivity index (χ4n) is 1.10. The first-order chi connectivity index (χ1) is 7.35. The molecule has 0 spiro atoms. The standard InChI is InChI=1S/C9H10.C5H11Cl/c1-2-6-9-7-4-3-5-8-9;1-2-3-4-5-6/h2-8H,1H3;2-5H2,1H3. The van der Waals surface area contributed by atoms with Crippen LogP contribution in [-0.2, 0) is 0 Å². The number of alkyl halides is 1. The maximum atomic E-state index is 5.38. The Hall–Kier alpha value is -0.750. The summed E-state index contributed by atoms with van der Waals surface area (Å²) in [5.41, 5.74) is 1.26. The summed E-state index contributed by atoms with van der Waals surface area (Å²) in [4.78, 5) is 0. The van der Waals surface area contributed by atoms with E-state index in [1.807, 2.05) is 31.2 Å². The highest BCUT2D eigenvalue weighted by molar-refractivity contribution is 6.17. The predicted octanol–water partition coefficient (Wildman–Crippen LogP) is 5.14. The fourth-order valence-corrected chi connectivity index (χ4v) is 1.29. The van der Waals surface area contributed by atoms with Gasteiger partial charge in [0.1, 0.15) is 0 Å². The third-order valence-corrected chi connectivity index (χ3v) is 2.16. The molecule has 1 rings (SSSR count). The zero-order valence-corrected chi connectivity index (χ0v) is 10.5. The third-order valence-electron chi connectivity index (χ3n) is 1.90. The van der Waals surface area contributed by atoms with Gasteiger partial charge in [0.15, 0.2) is 0 Å². The lowest BCUT2D eigenvalue weighted by Gasteiger charge is -1.86. The van der Waals surface area contributed by atoms with Crippen molar-refractivity contribution in [3.8, 4) is 0 Å². The van der Waals surface area contributed by atoms with Crippen LogP contribution in [0, 0.1) is 0 Å². The van der Waals surface area contributed by atoms with E-state index in [1.165, 1.54) is 24.8 Å². The van der Waals surface area contributed by atoms with Crippen molar-refractivity contribution in [3.63, 3.8) is 0 Å². The molecule has 15 heavy (non-hydrogen) atoms. The molecular weight excluding hydrogens is 204 g/mol. The van der Waals surface area contributed by atoms with Gasteiger partial charge in [-0.3, -0.25) is 0 Å². The Morgan fingerprint density at radius 1 is 1.13 bits per heavy atom. The molecule has 0 unspecified atom stereocenters. The number of allylic oxidation sites excluding steroid dienone is 1. The first-order valence-electron chi connectivity index (χ1n) is 5.58. The summed E-state index contributed by atoms with van der Waals surface area (Å²) in [5.74, 6) is 0.827. The van der Waals surface area contributed by atoms with Crippen LogP contribution in [0.1, 0.15) is 38.7 Å². The van der Waals surface area contributed by atoms with Crippen LogP contribution in [0.5, 0.6) is 0 Å². The van der Waals surface area contributed by atoms with Crippen molar-refractivity contribution < 1.29 is 0 Å². The molecule has 84 valence electrons. The Morgan fingerprint density at radius 2 is 1.80 bits per heavy atom. The molecule has 0 heterocycles. The van der Waals surface area contributed by atoms with Crippen LogP contribution in [0.3, 0.4) is 0 Å². The molecule has 0 saturated carbocycles. The molecule has 0 bridgehead atoms. The van der Waals surface area contributed by atoms with Gasteiger partial charge in [-0.05, 0) is 18.9 Å². The van der Waals surface area contributed by atoms with E-state index in [9.17, 15) is 0 Å². The number of rotatable bonds is 4. The molecule has 0 atom stereocenters. The normalized spacial score (nSPS) is 9.80. The summed E-state index contributed by atoms with van der Waals surface area (Å²) in [5, 5.41) is 0. The predicted molar refractivity (Wildman–Crippen MR) is 71.4 cm³/mol. The molecule has 0 fully saturated rings. The van der Waals surface area contributed by atoms with Crippen LogP contribution in [-0.4, -0.2) is 5.88 Å². The van der Waals surface area contributed by atoms with Crippen molar-refractivity contribution in [1.82, 2.24) is 0 Å². The highest BCUT2D eigenvalue weighted by atomic mass is 35.5. The molecule has 1 aromatic rings. The van der Waals surface area contributed by atoms with Crippen LogP contribution in [0.25, 0.3) is 6.08 Å². The summed E-state index contributed by atoms with van der Waals surface area (Å²) in [7, 11) is 0. The zero-order chi connectivity index (χ0) is 11.4. The second kappa shape index (κ2) is 11.3. The van der Waals surface area contributed by atoms with Crippen LogP contribution >= 0.6 is 11.6 Å². The third kappa shape index (κ3) is 9.55. The molecule has 0 aliphatic heterocycles. The smallest absolute Gasteiger partial charge is 0.0223 e. The van der Waals surface area contributed by atoms with Gasteiger partial charge in [-0.1, -0.05) is 62.2 Å². The van der Waals surface area contributed by atoms with E-state index in [4.69, 9.17) is 11.6 Å². The summed E-state index contributed by atoms with van der Waals surface area (Å²) in [6.07, 6.45) is 7.85. The van der Waals surface area contributed by atoms with Crippen molar-refractivity contribution in [1.29, 1.82) is 0 Å². The summed E-state index contributed by atoms with van der Waals surface area (Å²) >= 11 is 5.38. The molecule has 0 radical (unpaired) electrons. The quantitative estimate of drug-likeness (QED) is 0.491. The number of benzene rings is 1. The van der Waals surface area contributed by atoms with E-state index >= 15 is 0 Å². The van der Waals surface area contributed by atoms with Gasteiger partial charge < -0.3 is 0 Å². The van der Waals surface area contributed by atoms with E-state index in [0.717, 1.165) is 5.88 Å². The van der Waals surface area contributed by atoms with Gasteiger partial charge in [0, 0.05) is 5.88 Å². The SMILES string of the molecule is CC=Cc1ccccc1.CCCCCCl. The average molecular weight is 225 g/mol.